The number of nitrogens with one attached hydrogen (secondary N) is 1. The summed E-state index contributed by atoms with van der Waals surface area (Å²) in [5, 5.41) is 2.85. The molecule has 0 aliphatic carbocycles. The Morgan fingerprint density at radius 3 is 3.17 bits per heavy atom. The zero-order valence-corrected chi connectivity index (χ0v) is 11.5. The second kappa shape index (κ2) is 5.93. The predicted molar refractivity (Wildman–Crippen MR) is 72.2 cm³/mol. The summed E-state index contributed by atoms with van der Waals surface area (Å²) in [4.78, 5) is 25.8. The van der Waals surface area contributed by atoms with Crippen molar-refractivity contribution in [3.05, 3.63) is 0 Å². The first-order valence-corrected chi connectivity index (χ1v) is 7.87. The van der Waals surface area contributed by atoms with Crippen LogP contribution in [0.25, 0.3) is 0 Å². The van der Waals surface area contributed by atoms with Crippen LogP contribution < -0.4 is 11.1 Å². The molecule has 6 heteroatoms. The van der Waals surface area contributed by atoms with E-state index >= 15 is 0 Å². The molecule has 0 saturated carbocycles. The van der Waals surface area contributed by atoms with Crippen molar-refractivity contribution in [2.75, 3.05) is 25.1 Å². The Morgan fingerprint density at radius 1 is 1.67 bits per heavy atom. The maximum atomic E-state index is 12.3. The molecule has 2 unspecified atom stereocenters. The van der Waals surface area contributed by atoms with Gasteiger partial charge in [0.05, 0.1) is 18.0 Å². The molecule has 2 aliphatic heterocycles. The van der Waals surface area contributed by atoms with Crippen molar-refractivity contribution in [1.82, 2.24) is 10.2 Å². The van der Waals surface area contributed by atoms with Crippen LogP contribution in [-0.4, -0.2) is 53.9 Å². The summed E-state index contributed by atoms with van der Waals surface area (Å²) in [6.07, 6.45) is 4.50. The maximum absolute atomic E-state index is 12.3. The van der Waals surface area contributed by atoms with Crippen LogP contribution >= 0.6 is 11.8 Å². The van der Waals surface area contributed by atoms with Gasteiger partial charge in [-0.1, -0.05) is 0 Å². The number of nitrogens with two attached hydrogens (primary N) is 1. The Morgan fingerprint density at radius 2 is 2.44 bits per heavy atom. The number of piperidine rings is 1. The number of hydrogen-bond acceptors (Lipinski definition) is 4. The fourth-order valence-electron chi connectivity index (χ4n) is 2.81. The van der Waals surface area contributed by atoms with Crippen LogP contribution in [0.2, 0.25) is 0 Å². The van der Waals surface area contributed by atoms with Gasteiger partial charge in [0.2, 0.25) is 11.8 Å². The lowest BCUT2D eigenvalue weighted by molar-refractivity contribution is -0.138. The van der Waals surface area contributed by atoms with Gasteiger partial charge in [0.1, 0.15) is 0 Å². The summed E-state index contributed by atoms with van der Waals surface area (Å²) in [5.41, 5.74) is 5.94. The number of nitrogens with zero attached hydrogens (tertiary/aromatic N) is 1. The number of likely N-dealkylation sites (tertiary alicyclic amines) is 1. The van der Waals surface area contributed by atoms with Gasteiger partial charge in [-0.15, -0.1) is 0 Å². The summed E-state index contributed by atoms with van der Waals surface area (Å²) in [6, 6.07) is -0.397. The molecule has 2 aliphatic rings. The molecule has 3 N–H and O–H groups in total. The predicted octanol–water partition coefficient (Wildman–Crippen LogP) is -0.196. The highest BCUT2D eigenvalue weighted by Crippen LogP contribution is 2.27. The highest BCUT2D eigenvalue weighted by molar-refractivity contribution is 7.98. The summed E-state index contributed by atoms with van der Waals surface area (Å²) in [5.74, 6) is 0.979. The SMILES string of the molecule is CSCC[C@H](N)C(=O)N1CCCC2C(=O)NCC21. The molecule has 18 heavy (non-hydrogen) atoms. The second-order valence-corrected chi connectivity index (χ2v) is 5.97. The lowest BCUT2D eigenvalue weighted by Gasteiger charge is -2.37. The third-order valence-electron chi connectivity index (χ3n) is 3.83. The van der Waals surface area contributed by atoms with Crippen molar-refractivity contribution in [3.8, 4) is 0 Å². The minimum absolute atomic E-state index is 0.00949. The van der Waals surface area contributed by atoms with Gasteiger partial charge in [0.25, 0.3) is 0 Å². The number of amides is 2. The maximum Gasteiger partial charge on any atom is 0.239 e. The lowest BCUT2D eigenvalue weighted by atomic mass is 9.91. The van der Waals surface area contributed by atoms with Crippen molar-refractivity contribution < 1.29 is 9.59 Å². The molecule has 102 valence electrons. The fraction of sp³-hybridized carbons (Fsp3) is 0.833. The Kier molecular flexibility index (Phi) is 4.50. The van der Waals surface area contributed by atoms with Crippen molar-refractivity contribution in [2.24, 2.45) is 11.7 Å². The van der Waals surface area contributed by atoms with Gasteiger partial charge >= 0.3 is 0 Å². The average Bonchev–Trinajstić information content (AvgIpc) is 2.77. The largest absolute Gasteiger partial charge is 0.354 e. The monoisotopic (exact) mass is 271 g/mol. The molecule has 2 fully saturated rings. The zero-order valence-electron chi connectivity index (χ0n) is 10.7. The standard InChI is InChI=1S/C12H21N3O2S/c1-18-6-4-9(13)12(17)15-5-2-3-8-10(15)7-14-11(8)16/h8-10H,2-7,13H2,1H3,(H,14,16)/t8?,9-,10?/m0/s1. The van der Waals surface area contributed by atoms with Crippen molar-refractivity contribution in [1.29, 1.82) is 0 Å². The average molecular weight is 271 g/mol. The number of thioether (sulfide) groups is 1. The van der Waals surface area contributed by atoms with Gasteiger partial charge in [-0.3, -0.25) is 9.59 Å². The molecule has 2 saturated heterocycles. The van der Waals surface area contributed by atoms with Gasteiger partial charge in [0.15, 0.2) is 0 Å². The third-order valence-corrected chi connectivity index (χ3v) is 4.48. The van der Waals surface area contributed by atoms with E-state index in [1.54, 1.807) is 11.8 Å². The molecule has 0 bridgehead atoms. The summed E-state index contributed by atoms with van der Waals surface area (Å²) in [7, 11) is 0. The molecule has 0 aromatic carbocycles. The van der Waals surface area contributed by atoms with Crippen molar-refractivity contribution >= 4 is 23.6 Å². The Balaban J connectivity index is 1.99. The van der Waals surface area contributed by atoms with E-state index in [2.05, 4.69) is 5.32 Å². The molecular weight excluding hydrogens is 250 g/mol. The quantitative estimate of drug-likeness (QED) is 0.743. The van der Waals surface area contributed by atoms with Crippen molar-refractivity contribution in [2.45, 2.75) is 31.3 Å². The highest BCUT2D eigenvalue weighted by Gasteiger charge is 2.43. The second-order valence-electron chi connectivity index (χ2n) is 4.98. The topological polar surface area (TPSA) is 75.4 Å². The number of carbonyl (C=O) groups is 2. The minimum Gasteiger partial charge on any atom is -0.354 e. The highest BCUT2D eigenvalue weighted by atomic mass is 32.2. The van der Waals surface area contributed by atoms with E-state index in [1.807, 2.05) is 11.2 Å². The molecule has 0 aromatic rings. The molecule has 2 amide bonds. The minimum atomic E-state index is -0.424. The normalized spacial score (nSPS) is 28.8. The van der Waals surface area contributed by atoms with Crippen LogP contribution in [0.15, 0.2) is 0 Å². The lowest BCUT2D eigenvalue weighted by Crippen LogP contribution is -2.54. The third kappa shape index (κ3) is 2.64. The number of fused-ring (bicyclic) bond motifs is 1. The smallest absolute Gasteiger partial charge is 0.239 e. The number of carbonyl (C=O) groups excluding carboxylic acids is 2. The molecular formula is C12H21N3O2S. The first kappa shape index (κ1) is 13.7. The van der Waals surface area contributed by atoms with E-state index < -0.39 is 6.04 Å². The van der Waals surface area contributed by atoms with Crippen LogP contribution in [0.1, 0.15) is 19.3 Å². The Hall–Kier alpha value is -0.750. The Labute approximate surface area is 112 Å². The van der Waals surface area contributed by atoms with E-state index in [9.17, 15) is 9.59 Å². The molecule has 0 radical (unpaired) electrons. The van der Waals surface area contributed by atoms with Gasteiger partial charge in [-0.05, 0) is 31.3 Å². The van der Waals surface area contributed by atoms with Gasteiger partial charge in [-0.25, -0.2) is 0 Å². The van der Waals surface area contributed by atoms with Crippen LogP contribution in [0, 0.1) is 5.92 Å². The van der Waals surface area contributed by atoms with Crippen LogP contribution in [0.4, 0.5) is 0 Å². The summed E-state index contributed by atoms with van der Waals surface area (Å²) >= 11 is 1.70. The molecule has 2 heterocycles. The Bertz CT molecular complexity index is 337. The van der Waals surface area contributed by atoms with E-state index in [0.717, 1.165) is 25.1 Å². The van der Waals surface area contributed by atoms with Crippen molar-refractivity contribution in [3.63, 3.8) is 0 Å². The molecule has 0 spiro atoms. The van der Waals surface area contributed by atoms with Crippen LogP contribution in [-0.2, 0) is 9.59 Å². The summed E-state index contributed by atoms with van der Waals surface area (Å²) < 4.78 is 0. The van der Waals surface area contributed by atoms with Gasteiger partial charge in [-0.2, -0.15) is 11.8 Å². The number of rotatable bonds is 4. The van der Waals surface area contributed by atoms with Gasteiger partial charge < -0.3 is 16.0 Å². The first-order chi connectivity index (χ1) is 8.65. The van der Waals surface area contributed by atoms with E-state index in [-0.39, 0.29) is 23.8 Å². The zero-order chi connectivity index (χ0) is 13.1. The number of hydrogen-bond donors (Lipinski definition) is 2. The molecule has 0 aromatic heterocycles. The van der Waals surface area contributed by atoms with Crippen LogP contribution in [0.3, 0.4) is 0 Å². The first-order valence-electron chi connectivity index (χ1n) is 6.48. The van der Waals surface area contributed by atoms with Crippen LogP contribution in [0.5, 0.6) is 0 Å². The van der Waals surface area contributed by atoms with E-state index in [0.29, 0.717) is 13.0 Å². The van der Waals surface area contributed by atoms with E-state index in [4.69, 9.17) is 5.73 Å². The molecule has 3 atom stereocenters. The molecule has 5 nitrogen and oxygen atoms in total. The van der Waals surface area contributed by atoms with E-state index in [1.165, 1.54) is 0 Å². The molecule has 2 rings (SSSR count). The fourth-order valence-corrected chi connectivity index (χ4v) is 3.30. The van der Waals surface area contributed by atoms with Gasteiger partial charge in [0, 0.05) is 13.1 Å². The summed E-state index contributed by atoms with van der Waals surface area (Å²) in [6.45, 7) is 1.33.